The van der Waals surface area contributed by atoms with E-state index < -0.39 is 0 Å². The summed E-state index contributed by atoms with van der Waals surface area (Å²) in [7, 11) is 0. The van der Waals surface area contributed by atoms with Gasteiger partial charge in [0.25, 0.3) is 0 Å². The smallest absolute Gasteiger partial charge is 0.0667 e. The zero-order valence-corrected chi connectivity index (χ0v) is 10.6. The van der Waals surface area contributed by atoms with E-state index >= 15 is 0 Å². The standard InChI is InChI=1S/C13H27NO/c1-4-6-12(15)11-14-9-5-7-13(2,3)8-10-14/h12,15H,4-11H2,1-3H3. The van der Waals surface area contributed by atoms with Crippen LogP contribution in [0.5, 0.6) is 0 Å². The van der Waals surface area contributed by atoms with Gasteiger partial charge in [-0.2, -0.15) is 0 Å². The molecule has 1 heterocycles. The van der Waals surface area contributed by atoms with E-state index in [4.69, 9.17) is 0 Å². The third kappa shape index (κ3) is 4.98. The maximum absolute atomic E-state index is 9.78. The number of β-amino-alcohol motifs (C(OH)–C–C–N with tert-alkyl or cyclic N) is 1. The van der Waals surface area contributed by atoms with E-state index in [1.807, 2.05) is 0 Å². The normalized spacial score (nSPS) is 24.8. The molecular weight excluding hydrogens is 186 g/mol. The van der Waals surface area contributed by atoms with E-state index in [1.54, 1.807) is 0 Å². The zero-order valence-electron chi connectivity index (χ0n) is 10.6. The Bertz CT molecular complexity index is 179. The molecule has 1 atom stereocenters. The van der Waals surface area contributed by atoms with E-state index in [2.05, 4.69) is 25.7 Å². The highest BCUT2D eigenvalue weighted by molar-refractivity contribution is 4.77. The Hall–Kier alpha value is -0.0800. The summed E-state index contributed by atoms with van der Waals surface area (Å²) in [5.41, 5.74) is 0.504. The van der Waals surface area contributed by atoms with Crippen LogP contribution >= 0.6 is 0 Å². The fourth-order valence-corrected chi connectivity index (χ4v) is 2.38. The number of hydrogen-bond acceptors (Lipinski definition) is 2. The summed E-state index contributed by atoms with van der Waals surface area (Å²) < 4.78 is 0. The quantitative estimate of drug-likeness (QED) is 0.776. The molecular formula is C13H27NO. The molecule has 0 bridgehead atoms. The molecule has 2 heteroatoms. The van der Waals surface area contributed by atoms with Crippen LogP contribution in [-0.4, -0.2) is 35.7 Å². The second-order valence-electron chi connectivity index (χ2n) is 5.76. The van der Waals surface area contributed by atoms with Gasteiger partial charge in [-0.25, -0.2) is 0 Å². The van der Waals surface area contributed by atoms with Crippen molar-refractivity contribution in [1.82, 2.24) is 4.90 Å². The first kappa shape index (κ1) is 13.0. The lowest BCUT2D eigenvalue weighted by molar-refractivity contribution is 0.105. The number of hydrogen-bond donors (Lipinski definition) is 1. The topological polar surface area (TPSA) is 23.5 Å². The summed E-state index contributed by atoms with van der Waals surface area (Å²) in [5.74, 6) is 0. The Morgan fingerprint density at radius 2 is 2.00 bits per heavy atom. The lowest BCUT2D eigenvalue weighted by Crippen LogP contribution is -2.33. The molecule has 0 saturated carbocycles. The molecule has 0 amide bonds. The van der Waals surface area contributed by atoms with Crippen molar-refractivity contribution < 1.29 is 5.11 Å². The van der Waals surface area contributed by atoms with Gasteiger partial charge in [0.05, 0.1) is 6.10 Å². The molecule has 0 radical (unpaired) electrons. The van der Waals surface area contributed by atoms with Gasteiger partial charge in [0.1, 0.15) is 0 Å². The van der Waals surface area contributed by atoms with E-state index in [9.17, 15) is 5.11 Å². The monoisotopic (exact) mass is 213 g/mol. The molecule has 1 aliphatic heterocycles. The Morgan fingerprint density at radius 3 is 2.67 bits per heavy atom. The summed E-state index contributed by atoms with van der Waals surface area (Å²) in [4.78, 5) is 2.44. The first-order valence-corrected chi connectivity index (χ1v) is 6.44. The van der Waals surface area contributed by atoms with Gasteiger partial charge in [-0.05, 0) is 44.2 Å². The fraction of sp³-hybridized carbons (Fsp3) is 1.00. The lowest BCUT2D eigenvalue weighted by Gasteiger charge is -2.24. The van der Waals surface area contributed by atoms with Crippen LogP contribution in [0, 0.1) is 5.41 Å². The molecule has 1 aliphatic rings. The maximum atomic E-state index is 9.78. The summed E-state index contributed by atoms with van der Waals surface area (Å²) in [5, 5.41) is 9.78. The average molecular weight is 213 g/mol. The molecule has 1 saturated heterocycles. The third-order valence-corrected chi connectivity index (χ3v) is 3.52. The molecule has 0 aliphatic carbocycles. The molecule has 0 aromatic rings. The van der Waals surface area contributed by atoms with E-state index in [-0.39, 0.29) is 6.10 Å². The van der Waals surface area contributed by atoms with E-state index in [0.717, 1.165) is 25.9 Å². The highest BCUT2D eigenvalue weighted by Crippen LogP contribution is 2.29. The molecule has 15 heavy (non-hydrogen) atoms. The average Bonchev–Trinajstić information content (AvgIpc) is 2.28. The fourth-order valence-electron chi connectivity index (χ4n) is 2.38. The van der Waals surface area contributed by atoms with Crippen molar-refractivity contribution in [2.45, 2.75) is 59.0 Å². The third-order valence-electron chi connectivity index (χ3n) is 3.52. The summed E-state index contributed by atoms with van der Waals surface area (Å²) in [6.07, 6.45) is 5.79. The minimum Gasteiger partial charge on any atom is -0.392 e. The predicted octanol–water partition coefficient (Wildman–Crippen LogP) is 2.66. The van der Waals surface area contributed by atoms with Crippen LogP contribution in [0.15, 0.2) is 0 Å². The van der Waals surface area contributed by atoms with Crippen molar-refractivity contribution in [3.05, 3.63) is 0 Å². The summed E-state index contributed by atoms with van der Waals surface area (Å²) >= 11 is 0. The predicted molar refractivity (Wildman–Crippen MR) is 65.0 cm³/mol. The molecule has 2 nitrogen and oxygen atoms in total. The van der Waals surface area contributed by atoms with Crippen LogP contribution in [0.3, 0.4) is 0 Å². The molecule has 90 valence electrons. The van der Waals surface area contributed by atoms with Gasteiger partial charge in [-0.15, -0.1) is 0 Å². The van der Waals surface area contributed by atoms with Crippen LogP contribution in [-0.2, 0) is 0 Å². The van der Waals surface area contributed by atoms with Gasteiger partial charge in [0, 0.05) is 6.54 Å². The van der Waals surface area contributed by atoms with Crippen LogP contribution in [0.4, 0.5) is 0 Å². The van der Waals surface area contributed by atoms with Gasteiger partial charge >= 0.3 is 0 Å². The molecule has 1 fully saturated rings. The molecule has 0 aromatic heterocycles. The van der Waals surface area contributed by atoms with Crippen LogP contribution in [0.2, 0.25) is 0 Å². The largest absolute Gasteiger partial charge is 0.392 e. The van der Waals surface area contributed by atoms with Gasteiger partial charge in [0.15, 0.2) is 0 Å². The summed E-state index contributed by atoms with van der Waals surface area (Å²) in [6, 6.07) is 0. The molecule has 0 aromatic carbocycles. The number of nitrogens with zero attached hydrogens (tertiary/aromatic N) is 1. The summed E-state index contributed by atoms with van der Waals surface area (Å²) in [6.45, 7) is 10.1. The molecule has 1 rings (SSSR count). The highest BCUT2D eigenvalue weighted by atomic mass is 16.3. The van der Waals surface area contributed by atoms with E-state index in [1.165, 1.54) is 25.8 Å². The number of likely N-dealkylation sites (tertiary alicyclic amines) is 1. The minimum absolute atomic E-state index is 0.115. The van der Waals surface area contributed by atoms with E-state index in [0.29, 0.717) is 5.41 Å². The first-order valence-electron chi connectivity index (χ1n) is 6.44. The Morgan fingerprint density at radius 1 is 1.27 bits per heavy atom. The van der Waals surface area contributed by atoms with Crippen molar-refractivity contribution in [3.63, 3.8) is 0 Å². The Kier molecular flexibility index (Phi) is 5.07. The lowest BCUT2D eigenvalue weighted by atomic mass is 9.85. The number of rotatable bonds is 4. The zero-order chi connectivity index (χ0) is 11.3. The first-order chi connectivity index (χ1) is 7.03. The van der Waals surface area contributed by atoms with Gasteiger partial charge in [0.2, 0.25) is 0 Å². The Labute approximate surface area is 94.7 Å². The number of aliphatic hydroxyl groups is 1. The number of aliphatic hydroxyl groups excluding tert-OH is 1. The molecule has 0 spiro atoms. The van der Waals surface area contributed by atoms with Gasteiger partial charge in [-0.3, -0.25) is 0 Å². The molecule has 1 unspecified atom stereocenters. The minimum atomic E-state index is -0.115. The molecule has 1 N–H and O–H groups in total. The van der Waals surface area contributed by atoms with Crippen LogP contribution in [0.1, 0.15) is 52.9 Å². The van der Waals surface area contributed by atoms with Crippen molar-refractivity contribution in [1.29, 1.82) is 0 Å². The van der Waals surface area contributed by atoms with Crippen molar-refractivity contribution in [2.75, 3.05) is 19.6 Å². The maximum Gasteiger partial charge on any atom is 0.0667 e. The van der Waals surface area contributed by atoms with Gasteiger partial charge < -0.3 is 10.0 Å². The van der Waals surface area contributed by atoms with Crippen molar-refractivity contribution >= 4 is 0 Å². The second-order valence-corrected chi connectivity index (χ2v) is 5.76. The highest BCUT2D eigenvalue weighted by Gasteiger charge is 2.23. The van der Waals surface area contributed by atoms with Gasteiger partial charge in [-0.1, -0.05) is 27.2 Å². The van der Waals surface area contributed by atoms with Crippen LogP contribution in [0.25, 0.3) is 0 Å². The second kappa shape index (κ2) is 5.86. The van der Waals surface area contributed by atoms with Crippen molar-refractivity contribution in [3.8, 4) is 0 Å². The Balaban J connectivity index is 2.31. The SMILES string of the molecule is CCCC(O)CN1CCCC(C)(C)CC1. The van der Waals surface area contributed by atoms with Crippen LogP contribution < -0.4 is 0 Å². The van der Waals surface area contributed by atoms with Crippen molar-refractivity contribution in [2.24, 2.45) is 5.41 Å².